The van der Waals surface area contributed by atoms with E-state index in [2.05, 4.69) is 10.6 Å². The summed E-state index contributed by atoms with van der Waals surface area (Å²) < 4.78 is 0. The van der Waals surface area contributed by atoms with E-state index in [0.29, 0.717) is 19.4 Å². The molecule has 0 saturated carbocycles. The quantitative estimate of drug-likeness (QED) is 0.522. The second-order valence-electron chi connectivity index (χ2n) is 4.23. The highest BCUT2D eigenvalue weighted by Gasteiger charge is 2.19. The van der Waals surface area contributed by atoms with Crippen molar-refractivity contribution in [2.75, 3.05) is 20.1 Å². The molecule has 0 rings (SSSR count). The lowest BCUT2D eigenvalue weighted by Gasteiger charge is -2.22. The van der Waals surface area contributed by atoms with Gasteiger partial charge in [-0.05, 0) is 33.4 Å². The molecule has 1 amide bonds. The Bertz CT molecular complexity index is 181. The fourth-order valence-corrected chi connectivity index (χ4v) is 1.43. The van der Waals surface area contributed by atoms with Crippen molar-refractivity contribution in [1.82, 2.24) is 10.6 Å². The number of aliphatic hydroxyl groups is 1. The number of rotatable bonds is 8. The number of nitrogens with one attached hydrogen (secondary N) is 2. The SMILES string of the molecule is CCCC(C)(O)CNC(=O)CCCNC. The van der Waals surface area contributed by atoms with Crippen molar-refractivity contribution in [3.8, 4) is 0 Å². The van der Waals surface area contributed by atoms with E-state index in [4.69, 9.17) is 0 Å². The maximum absolute atomic E-state index is 11.3. The molecule has 0 aliphatic rings. The summed E-state index contributed by atoms with van der Waals surface area (Å²) in [6, 6.07) is 0. The first-order chi connectivity index (χ1) is 7.02. The van der Waals surface area contributed by atoms with Crippen molar-refractivity contribution in [2.24, 2.45) is 0 Å². The summed E-state index contributed by atoms with van der Waals surface area (Å²) in [6.45, 7) is 4.96. The van der Waals surface area contributed by atoms with Gasteiger partial charge in [0.2, 0.25) is 5.91 Å². The lowest BCUT2D eigenvalue weighted by Crippen LogP contribution is -2.40. The predicted molar refractivity (Wildman–Crippen MR) is 61.7 cm³/mol. The molecule has 0 aromatic rings. The van der Waals surface area contributed by atoms with Gasteiger partial charge in [-0.25, -0.2) is 0 Å². The maximum Gasteiger partial charge on any atom is 0.220 e. The molecule has 0 aliphatic heterocycles. The van der Waals surface area contributed by atoms with E-state index in [9.17, 15) is 9.90 Å². The molecule has 0 aromatic heterocycles. The molecule has 1 unspecified atom stereocenters. The zero-order chi connectivity index (χ0) is 11.7. The van der Waals surface area contributed by atoms with E-state index in [-0.39, 0.29) is 5.91 Å². The Hall–Kier alpha value is -0.610. The molecule has 4 heteroatoms. The Morgan fingerprint density at radius 1 is 1.47 bits per heavy atom. The van der Waals surface area contributed by atoms with Crippen LogP contribution in [0.1, 0.15) is 39.5 Å². The molecule has 0 fully saturated rings. The van der Waals surface area contributed by atoms with E-state index in [1.165, 1.54) is 0 Å². The Balaban J connectivity index is 3.60. The summed E-state index contributed by atoms with van der Waals surface area (Å²) in [7, 11) is 1.87. The van der Waals surface area contributed by atoms with Crippen molar-refractivity contribution in [1.29, 1.82) is 0 Å². The van der Waals surface area contributed by atoms with Gasteiger partial charge >= 0.3 is 0 Å². The highest BCUT2D eigenvalue weighted by atomic mass is 16.3. The first-order valence-electron chi connectivity index (χ1n) is 5.65. The summed E-state index contributed by atoms with van der Waals surface area (Å²) in [4.78, 5) is 11.3. The fraction of sp³-hybridized carbons (Fsp3) is 0.909. The Morgan fingerprint density at radius 3 is 2.67 bits per heavy atom. The summed E-state index contributed by atoms with van der Waals surface area (Å²) in [5.74, 6) is 0.0154. The second kappa shape index (κ2) is 7.65. The standard InChI is InChI=1S/C11H24N2O2/c1-4-7-11(2,15)9-13-10(14)6-5-8-12-3/h12,15H,4-9H2,1-3H3,(H,13,14). The molecule has 0 aliphatic carbocycles. The van der Waals surface area contributed by atoms with Crippen molar-refractivity contribution >= 4 is 5.91 Å². The number of carbonyl (C=O) groups excluding carboxylic acids is 1. The molecule has 0 aromatic carbocycles. The van der Waals surface area contributed by atoms with E-state index in [1.807, 2.05) is 14.0 Å². The summed E-state index contributed by atoms with van der Waals surface area (Å²) in [6.07, 6.45) is 2.98. The van der Waals surface area contributed by atoms with Gasteiger partial charge < -0.3 is 15.7 Å². The smallest absolute Gasteiger partial charge is 0.220 e. The molecule has 15 heavy (non-hydrogen) atoms. The summed E-state index contributed by atoms with van der Waals surface area (Å²) >= 11 is 0. The van der Waals surface area contributed by atoms with Crippen LogP contribution in [0.5, 0.6) is 0 Å². The molecule has 1 atom stereocenters. The van der Waals surface area contributed by atoms with Gasteiger partial charge in [-0.1, -0.05) is 13.3 Å². The number of hydrogen-bond donors (Lipinski definition) is 3. The van der Waals surface area contributed by atoms with Gasteiger partial charge in [0.15, 0.2) is 0 Å². The van der Waals surface area contributed by atoms with Crippen LogP contribution in [0.4, 0.5) is 0 Å². The zero-order valence-electron chi connectivity index (χ0n) is 10.1. The van der Waals surface area contributed by atoms with E-state index >= 15 is 0 Å². The molecule has 0 heterocycles. The molecule has 4 nitrogen and oxygen atoms in total. The van der Waals surface area contributed by atoms with Crippen LogP contribution in [0.15, 0.2) is 0 Å². The largest absolute Gasteiger partial charge is 0.388 e. The van der Waals surface area contributed by atoms with Gasteiger partial charge in [0.1, 0.15) is 0 Å². The first-order valence-corrected chi connectivity index (χ1v) is 5.65. The lowest BCUT2D eigenvalue weighted by atomic mass is 10.0. The van der Waals surface area contributed by atoms with Crippen LogP contribution in [0.3, 0.4) is 0 Å². The minimum atomic E-state index is -0.770. The average molecular weight is 216 g/mol. The lowest BCUT2D eigenvalue weighted by molar-refractivity contribution is -0.122. The molecule has 0 radical (unpaired) electrons. The topological polar surface area (TPSA) is 61.4 Å². The molecular formula is C11H24N2O2. The van der Waals surface area contributed by atoms with E-state index < -0.39 is 5.60 Å². The van der Waals surface area contributed by atoms with Crippen molar-refractivity contribution in [2.45, 2.75) is 45.1 Å². The average Bonchev–Trinajstić information content (AvgIpc) is 2.15. The van der Waals surface area contributed by atoms with Crippen molar-refractivity contribution < 1.29 is 9.90 Å². The van der Waals surface area contributed by atoms with Gasteiger partial charge in [-0.3, -0.25) is 4.79 Å². The van der Waals surface area contributed by atoms with Crippen LogP contribution >= 0.6 is 0 Å². The van der Waals surface area contributed by atoms with Crippen LogP contribution in [0.25, 0.3) is 0 Å². The number of hydrogen-bond acceptors (Lipinski definition) is 3. The minimum Gasteiger partial charge on any atom is -0.388 e. The van der Waals surface area contributed by atoms with Crippen LogP contribution in [0.2, 0.25) is 0 Å². The molecule has 0 spiro atoms. The predicted octanol–water partition coefficient (Wildman–Crippen LogP) is 0.653. The second-order valence-corrected chi connectivity index (χ2v) is 4.23. The highest BCUT2D eigenvalue weighted by molar-refractivity contribution is 5.75. The molecule has 0 bridgehead atoms. The Morgan fingerprint density at radius 2 is 2.13 bits per heavy atom. The Kier molecular flexibility index (Phi) is 7.34. The highest BCUT2D eigenvalue weighted by Crippen LogP contribution is 2.09. The number of carbonyl (C=O) groups is 1. The normalized spacial score (nSPS) is 14.7. The monoisotopic (exact) mass is 216 g/mol. The van der Waals surface area contributed by atoms with Crippen molar-refractivity contribution in [3.63, 3.8) is 0 Å². The van der Waals surface area contributed by atoms with E-state index in [0.717, 1.165) is 19.4 Å². The van der Waals surface area contributed by atoms with Crippen LogP contribution in [0, 0.1) is 0 Å². The van der Waals surface area contributed by atoms with Gasteiger partial charge in [0.05, 0.1) is 5.60 Å². The van der Waals surface area contributed by atoms with Crippen LogP contribution in [-0.4, -0.2) is 36.8 Å². The fourth-order valence-electron chi connectivity index (χ4n) is 1.43. The molecule has 3 N–H and O–H groups in total. The third-order valence-corrected chi connectivity index (χ3v) is 2.29. The molecular weight excluding hydrogens is 192 g/mol. The summed E-state index contributed by atoms with van der Waals surface area (Å²) in [5.41, 5.74) is -0.770. The molecule has 90 valence electrons. The third-order valence-electron chi connectivity index (χ3n) is 2.29. The summed E-state index contributed by atoms with van der Waals surface area (Å²) in [5, 5.41) is 15.5. The minimum absolute atomic E-state index is 0.0154. The molecule has 0 saturated heterocycles. The maximum atomic E-state index is 11.3. The van der Waals surface area contributed by atoms with Crippen LogP contribution in [-0.2, 0) is 4.79 Å². The number of amides is 1. The van der Waals surface area contributed by atoms with Gasteiger partial charge in [-0.2, -0.15) is 0 Å². The van der Waals surface area contributed by atoms with Gasteiger partial charge in [-0.15, -0.1) is 0 Å². The third kappa shape index (κ3) is 8.39. The van der Waals surface area contributed by atoms with Gasteiger partial charge in [0.25, 0.3) is 0 Å². The van der Waals surface area contributed by atoms with E-state index in [1.54, 1.807) is 6.92 Å². The van der Waals surface area contributed by atoms with Crippen LogP contribution < -0.4 is 10.6 Å². The zero-order valence-corrected chi connectivity index (χ0v) is 10.1. The van der Waals surface area contributed by atoms with Crippen molar-refractivity contribution in [3.05, 3.63) is 0 Å². The van der Waals surface area contributed by atoms with Gasteiger partial charge in [0, 0.05) is 13.0 Å². The first kappa shape index (κ1) is 14.4. The Labute approximate surface area is 92.4 Å².